The van der Waals surface area contributed by atoms with Crippen LogP contribution in [0.25, 0.3) is 0 Å². The fourth-order valence-electron chi connectivity index (χ4n) is 2.57. The topological polar surface area (TPSA) is 105 Å². The Morgan fingerprint density at radius 1 is 1.52 bits per heavy atom. The molecule has 8 nitrogen and oxygen atoms in total. The Morgan fingerprint density at radius 2 is 2.19 bits per heavy atom. The van der Waals surface area contributed by atoms with E-state index in [0.29, 0.717) is 31.6 Å². The summed E-state index contributed by atoms with van der Waals surface area (Å²) >= 11 is 4.36. The lowest BCUT2D eigenvalue weighted by Gasteiger charge is -2.21. The van der Waals surface area contributed by atoms with Crippen LogP contribution in [0.1, 0.15) is 29.0 Å². The first-order chi connectivity index (χ1) is 9.70. The molecule has 1 aliphatic rings. The number of thiol groups is 1. The fraction of sp³-hybridized carbons (Fsp3) is 0.727. The van der Waals surface area contributed by atoms with E-state index in [1.165, 1.54) is 15.2 Å². The van der Waals surface area contributed by atoms with Gasteiger partial charge < -0.3 is 5.11 Å². The van der Waals surface area contributed by atoms with Crippen molar-refractivity contribution < 1.29 is 18.3 Å². The molecule has 1 fully saturated rings. The third-order valence-corrected chi connectivity index (χ3v) is 5.30. The van der Waals surface area contributed by atoms with E-state index >= 15 is 0 Å². The Balaban J connectivity index is 2.07. The van der Waals surface area contributed by atoms with Crippen molar-refractivity contribution in [2.45, 2.75) is 37.6 Å². The number of hydrogen-bond donors (Lipinski definition) is 2. The number of aromatic carboxylic acids is 1. The van der Waals surface area contributed by atoms with Crippen LogP contribution in [0.5, 0.6) is 0 Å². The highest BCUT2D eigenvalue weighted by Gasteiger charge is 2.35. The molecular formula is C11H18N4O4S2. The summed E-state index contributed by atoms with van der Waals surface area (Å²) in [5.41, 5.74) is 0.391. The van der Waals surface area contributed by atoms with Gasteiger partial charge in [0.2, 0.25) is 10.0 Å². The molecule has 0 saturated carbocycles. The van der Waals surface area contributed by atoms with Crippen molar-refractivity contribution in [3.63, 3.8) is 0 Å². The lowest BCUT2D eigenvalue weighted by atomic mass is 10.1. The molecule has 0 aromatic carbocycles. The summed E-state index contributed by atoms with van der Waals surface area (Å²) in [4.78, 5) is 10.9. The Hall–Kier alpha value is -1.13. The molecule has 0 bridgehead atoms. The molecule has 2 heterocycles. The molecule has 1 N–H and O–H groups in total. The van der Waals surface area contributed by atoms with E-state index in [1.54, 1.807) is 6.92 Å². The van der Waals surface area contributed by atoms with Crippen LogP contribution in [0.3, 0.4) is 0 Å². The van der Waals surface area contributed by atoms with Crippen LogP contribution < -0.4 is 0 Å². The zero-order valence-corrected chi connectivity index (χ0v) is 13.5. The summed E-state index contributed by atoms with van der Waals surface area (Å²) in [6, 6.07) is -0.139. The van der Waals surface area contributed by atoms with Crippen molar-refractivity contribution in [1.82, 2.24) is 19.3 Å². The predicted octanol–water partition coefficient (Wildman–Crippen LogP) is 0.00712. The van der Waals surface area contributed by atoms with Gasteiger partial charge in [0, 0.05) is 24.4 Å². The standard InChI is InChI=1S/C11H18N4O4S2/c1-7-10(11(16)17)12-13-14(7)4-3-8-5-9(20)6-15(8)21(2,18)19/h8-9,20H,3-6H2,1-2H3,(H,16,17)/t8-,9+/m0/s1. The normalized spacial score (nSPS) is 23.6. The summed E-state index contributed by atoms with van der Waals surface area (Å²) in [6.45, 7) is 2.46. The molecule has 118 valence electrons. The average Bonchev–Trinajstić information content (AvgIpc) is 2.89. The second kappa shape index (κ2) is 5.93. The zero-order chi connectivity index (χ0) is 15.8. The van der Waals surface area contributed by atoms with Crippen LogP contribution >= 0.6 is 12.6 Å². The van der Waals surface area contributed by atoms with Gasteiger partial charge in [-0.05, 0) is 19.8 Å². The first kappa shape index (κ1) is 16.2. The van der Waals surface area contributed by atoms with Crippen molar-refractivity contribution in [3.8, 4) is 0 Å². The van der Waals surface area contributed by atoms with Gasteiger partial charge in [-0.2, -0.15) is 16.9 Å². The maximum atomic E-state index is 11.7. The number of aromatic nitrogens is 3. The first-order valence-electron chi connectivity index (χ1n) is 6.48. The van der Waals surface area contributed by atoms with E-state index in [1.807, 2.05) is 0 Å². The van der Waals surface area contributed by atoms with Gasteiger partial charge in [-0.3, -0.25) is 0 Å². The van der Waals surface area contributed by atoms with E-state index in [-0.39, 0.29) is 17.0 Å². The molecule has 10 heteroatoms. The lowest BCUT2D eigenvalue weighted by Crippen LogP contribution is -2.35. The van der Waals surface area contributed by atoms with Gasteiger partial charge in [-0.25, -0.2) is 17.9 Å². The van der Waals surface area contributed by atoms with E-state index in [2.05, 4.69) is 22.9 Å². The van der Waals surface area contributed by atoms with Crippen molar-refractivity contribution >= 4 is 28.6 Å². The molecule has 21 heavy (non-hydrogen) atoms. The molecule has 1 aromatic heterocycles. The van der Waals surface area contributed by atoms with Gasteiger partial charge in [0.1, 0.15) is 0 Å². The summed E-state index contributed by atoms with van der Waals surface area (Å²) < 4.78 is 26.4. The summed E-state index contributed by atoms with van der Waals surface area (Å²) in [5.74, 6) is -1.12. The third-order valence-electron chi connectivity index (χ3n) is 3.63. The largest absolute Gasteiger partial charge is 0.476 e. The van der Waals surface area contributed by atoms with Crippen LogP contribution in [-0.4, -0.2) is 62.9 Å². The van der Waals surface area contributed by atoms with Gasteiger partial charge in [0.05, 0.1) is 11.9 Å². The van der Waals surface area contributed by atoms with Crippen LogP contribution in [0.15, 0.2) is 0 Å². The Labute approximate surface area is 128 Å². The lowest BCUT2D eigenvalue weighted by molar-refractivity contribution is 0.0689. The SMILES string of the molecule is Cc1c(C(=O)O)nnn1CC[C@H]1C[C@@H](S)CN1S(C)(=O)=O. The summed E-state index contributed by atoms with van der Waals surface area (Å²) in [5, 5.41) is 16.4. The van der Waals surface area contributed by atoms with Crippen molar-refractivity contribution in [2.75, 3.05) is 12.8 Å². The minimum atomic E-state index is -3.26. The molecule has 0 radical (unpaired) electrons. The number of rotatable bonds is 5. The smallest absolute Gasteiger partial charge is 0.358 e. The number of hydrogen-bond acceptors (Lipinski definition) is 6. The maximum Gasteiger partial charge on any atom is 0.358 e. The van der Waals surface area contributed by atoms with Crippen LogP contribution in [0, 0.1) is 6.92 Å². The van der Waals surface area contributed by atoms with E-state index in [0.717, 1.165) is 0 Å². The number of aryl methyl sites for hydroxylation is 1. The molecule has 0 aliphatic carbocycles. The highest BCUT2D eigenvalue weighted by atomic mass is 32.2. The molecular weight excluding hydrogens is 316 g/mol. The van der Waals surface area contributed by atoms with Gasteiger partial charge in [-0.15, -0.1) is 5.10 Å². The third kappa shape index (κ3) is 3.55. The highest BCUT2D eigenvalue weighted by Crippen LogP contribution is 2.27. The number of sulfonamides is 1. The monoisotopic (exact) mass is 334 g/mol. The quantitative estimate of drug-likeness (QED) is 0.735. The van der Waals surface area contributed by atoms with Crippen LogP contribution in [0.2, 0.25) is 0 Å². The van der Waals surface area contributed by atoms with Gasteiger partial charge in [0.25, 0.3) is 0 Å². The second-order valence-corrected chi connectivity index (χ2v) is 7.88. The summed E-state index contributed by atoms with van der Waals surface area (Å²) in [6.07, 6.45) is 2.41. The second-order valence-electron chi connectivity index (χ2n) is 5.22. The van der Waals surface area contributed by atoms with Crippen molar-refractivity contribution in [2.24, 2.45) is 0 Å². The van der Waals surface area contributed by atoms with Crippen molar-refractivity contribution in [3.05, 3.63) is 11.4 Å². The van der Waals surface area contributed by atoms with E-state index in [9.17, 15) is 13.2 Å². The molecule has 1 saturated heterocycles. The first-order valence-corrected chi connectivity index (χ1v) is 8.85. The van der Waals surface area contributed by atoms with Crippen LogP contribution in [0.4, 0.5) is 0 Å². The highest BCUT2D eigenvalue weighted by molar-refractivity contribution is 7.88. The molecule has 1 aromatic rings. The van der Waals surface area contributed by atoms with Gasteiger partial charge in [-0.1, -0.05) is 5.21 Å². The van der Waals surface area contributed by atoms with E-state index in [4.69, 9.17) is 5.11 Å². The van der Waals surface area contributed by atoms with Crippen LogP contribution in [-0.2, 0) is 16.6 Å². The number of carboxylic acids is 1. The molecule has 0 unspecified atom stereocenters. The number of carbonyl (C=O) groups is 1. The summed E-state index contributed by atoms with van der Waals surface area (Å²) in [7, 11) is -3.26. The zero-order valence-electron chi connectivity index (χ0n) is 11.8. The fourth-order valence-corrected chi connectivity index (χ4v) is 4.29. The Morgan fingerprint density at radius 3 is 2.71 bits per heavy atom. The molecule has 0 amide bonds. The number of nitrogens with zero attached hydrogens (tertiary/aromatic N) is 4. The van der Waals surface area contributed by atoms with Crippen molar-refractivity contribution in [1.29, 1.82) is 0 Å². The molecule has 0 spiro atoms. The Bertz CT molecular complexity index is 643. The molecule has 1 aliphatic heterocycles. The van der Waals surface area contributed by atoms with Gasteiger partial charge >= 0.3 is 5.97 Å². The molecule has 2 rings (SSSR count). The number of carboxylic acid groups (broad SMARTS) is 1. The predicted molar refractivity (Wildman–Crippen MR) is 79.1 cm³/mol. The minimum absolute atomic E-state index is 0.0242. The minimum Gasteiger partial charge on any atom is -0.476 e. The average molecular weight is 334 g/mol. The Kier molecular flexibility index (Phi) is 4.59. The maximum absolute atomic E-state index is 11.7. The van der Waals surface area contributed by atoms with E-state index < -0.39 is 16.0 Å². The molecule has 2 atom stereocenters. The van der Waals surface area contributed by atoms with Gasteiger partial charge in [0.15, 0.2) is 5.69 Å².